The van der Waals surface area contributed by atoms with E-state index < -0.39 is 5.97 Å². The van der Waals surface area contributed by atoms with E-state index in [2.05, 4.69) is 15.5 Å². The Morgan fingerprint density at radius 1 is 1.00 bits per heavy atom. The third kappa shape index (κ3) is 3.97. The molecule has 0 radical (unpaired) electrons. The summed E-state index contributed by atoms with van der Waals surface area (Å²) >= 11 is 0. The van der Waals surface area contributed by atoms with Gasteiger partial charge in [0.05, 0.1) is 24.5 Å². The maximum absolute atomic E-state index is 12.4. The van der Waals surface area contributed by atoms with Crippen LogP contribution >= 0.6 is 0 Å². The van der Waals surface area contributed by atoms with Crippen molar-refractivity contribution in [2.75, 3.05) is 13.2 Å². The Morgan fingerprint density at radius 2 is 1.73 bits per heavy atom. The minimum absolute atomic E-state index is 0.376. The average molecular weight is 354 g/mol. The zero-order valence-corrected chi connectivity index (χ0v) is 14.5. The SMILES string of the molecule is CCOc1ccc(C(=O)Oc2ccc(-n3cnnn3)cc2)cc1OCC. The lowest BCUT2D eigenvalue weighted by Gasteiger charge is -2.12. The van der Waals surface area contributed by atoms with E-state index in [0.29, 0.717) is 36.0 Å². The second-order valence-electron chi connectivity index (χ2n) is 5.17. The first kappa shape index (κ1) is 17.4. The number of hydrogen-bond donors (Lipinski definition) is 0. The molecule has 8 heteroatoms. The smallest absolute Gasteiger partial charge is 0.343 e. The van der Waals surface area contributed by atoms with Gasteiger partial charge < -0.3 is 14.2 Å². The summed E-state index contributed by atoms with van der Waals surface area (Å²) in [6.45, 7) is 4.73. The Morgan fingerprint density at radius 3 is 2.38 bits per heavy atom. The molecule has 0 aliphatic heterocycles. The van der Waals surface area contributed by atoms with Gasteiger partial charge in [-0.05, 0) is 66.7 Å². The third-order valence-electron chi connectivity index (χ3n) is 3.44. The first-order valence-electron chi connectivity index (χ1n) is 8.16. The van der Waals surface area contributed by atoms with E-state index in [1.54, 1.807) is 42.5 Å². The molecule has 0 atom stereocenters. The first-order chi connectivity index (χ1) is 12.7. The van der Waals surface area contributed by atoms with Crippen molar-refractivity contribution in [1.29, 1.82) is 0 Å². The highest BCUT2D eigenvalue weighted by atomic mass is 16.5. The molecular weight excluding hydrogens is 336 g/mol. The van der Waals surface area contributed by atoms with Gasteiger partial charge in [0, 0.05) is 0 Å². The normalized spacial score (nSPS) is 10.4. The molecule has 134 valence electrons. The van der Waals surface area contributed by atoms with Crippen LogP contribution in [0.4, 0.5) is 0 Å². The molecule has 0 aliphatic carbocycles. The van der Waals surface area contributed by atoms with Crippen LogP contribution < -0.4 is 14.2 Å². The Labute approximate surface area is 150 Å². The van der Waals surface area contributed by atoms with Crippen LogP contribution in [0.3, 0.4) is 0 Å². The predicted molar refractivity (Wildman–Crippen MR) is 92.9 cm³/mol. The minimum atomic E-state index is -0.482. The van der Waals surface area contributed by atoms with Gasteiger partial charge in [-0.3, -0.25) is 0 Å². The van der Waals surface area contributed by atoms with Gasteiger partial charge in [0.1, 0.15) is 12.1 Å². The highest BCUT2D eigenvalue weighted by Crippen LogP contribution is 2.29. The fourth-order valence-electron chi connectivity index (χ4n) is 2.29. The van der Waals surface area contributed by atoms with Gasteiger partial charge in [0.15, 0.2) is 11.5 Å². The fraction of sp³-hybridized carbons (Fsp3) is 0.222. The number of aromatic nitrogens is 4. The van der Waals surface area contributed by atoms with Crippen molar-refractivity contribution in [2.45, 2.75) is 13.8 Å². The molecule has 3 aromatic rings. The van der Waals surface area contributed by atoms with Crippen molar-refractivity contribution < 1.29 is 19.0 Å². The van der Waals surface area contributed by atoms with Gasteiger partial charge >= 0.3 is 5.97 Å². The van der Waals surface area contributed by atoms with E-state index in [0.717, 1.165) is 5.69 Å². The summed E-state index contributed by atoms with van der Waals surface area (Å²) in [5.41, 5.74) is 1.14. The van der Waals surface area contributed by atoms with Crippen molar-refractivity contribution in [3.8, 4) is 22.9 Å². The monoisotopic (exact) mass is 354 g/mol. The highest BCUT2D eigenvalue weighted by molar-refractivity contribution is 5.91. The summed E-state index contributed by atoms with van der Waals surface area (Å²) in [4.78, 5) is 12.4. The zero-order chi connectivity index (χ0) is 18.4. The van der Waals surface area contributed by atoms with Crippen molar-refractivity contribution in [3.05, 3.63) is 54.4 Å². The second kappa shape index (κ2) is 8.11. The van der Waals surface area contributed by atoms with Crippen LogP contribution in [-0.2, 0) is 0 Å². The van der Waals surface area contributed by atoms with E-state index in [1.807, 2.05) is 13.8 Å². The third-order valence-corrected chi connectivity index (χ3v) is 3.44. The molecule has 0 fully saturated rings. The van der Waals surface area contributed by atoms with Gasteiger partial charge in [-0.2, -0.15) is 0 Å². The summed E-state index contributed by atoms with van der Waals surface area (Å²) < 4.78 is 17.9. The van der Waals surface area contributed by atoms with Gasteiger partial charge in [-0.1, -0.05) is 0 Å². The van der Waals surface area contributed by atoms with E-state index in [1.165, 1.54) is 11.0 Å². The molecule has 3 rings (SSSR count). The van der Waals surface area contributed by atoms with Crippen LogP contribution in [0.2, 0.25) is 0 Å². The Bertz CT molecular complexity index is 863. The van der Waals surface area contributed by atoms with Crippen LogP contribution in [0, 0.1) is 0 Å². The highest BCUT2D eigenvalue weighted by Gasteiger charge is 2.13. The van der Waals surface area contributed by atoms with Crippen molar-refractivity contribution in [1.82, 2.24) is 20.2 Å². The quantitative estimate of drug-likeness (QED) is 0.476. The predicted octanol–water partition coefficient (Wildman–Crippen LogP) is 2.68. The number of nitrogens with zero attached hydrogens (tertiary/aromatic N) is 4. The molecule has 0 N–H and O–H groups in total. The molecule has 26 heavy (non-hydrogen) atoms. The molecule has 1 heterocycles. The van der Waals surface area contributed by atoms with Gasteiger partial charge in [0.25, 0.3) is 0 Å². The lowest BCUT2D eigenvalue weighted by Crippen LogP contribution is -2.09. The molecule has 1 aromatic heterocycles. The number of rotatable bonds is 7. The molecule has 8 nitrogen and oxygen atoms in total. The van der Waals surface area contributed by atoms with Crippen molar-refractivity contribution in [2.24, 2.45) is 0 Å². The van der Waals surface area contributed by atoms with E-state index in [9.17, 15) is 4.79 Å². The molecule has 0 spiro atoms. The summed E-state index contributed by atoms with van der Waals surface area (Å²) in [6.07, 6.45) is 1.48. The maximum atomic E-state index is 12.4. The summed E-state index contributed by atoms with van der Waals surface area (Å²) in [5.74, 6) is 1.04. The number of carbonyl (C=O) groups excluding carboxylic acids is 1. The lowest BCUT2D eigenvalue weighted by molar-refractivity contribution is 0.0734. The van der Waals surface area contributed by atoms with Crippen LogP contribution in [0.5, 0.6) is 17.2 Å². The molecule has 0 bridgehead atoms. The standard InChI is InChI=1S/C18H18N4O4/c1-3-24-16-10-5-13(11-17(16)25-4-2)18(23)26-15-8-6-14(7-9-15)22-12-19-20-21-22/h5-12H,3-4H2,1-2H3. The number of carbonyl (C=O) groups is 1. The van der Waals surface area contributed by atoms with Crippen LogP contribution in [0.1, 0.15) is 24.2 Å². The number of benzene rings is 2. The Kier molecular flexibility index (Phi) is 5.43. The Balaban J connectivity index is 1.74. The summed E-state index contributed by atoms with van der Waals surface area (Å²) in [7, 11) is 0. The molecule has 0 amide bonds. The first-order valence-corrected chi connectivity index (χ1v) is 8.16. The van der Waals surface area contributed by atoms with Gasteiger partial charge in [-0.25, -0.2) is 9.48 Å². The number of tetrazole rings is 1. The van der Waals surface area contributed by atoms with E-state index in [-0.39, 0.29) is 0 Å². The van der Waals surface area contributed by atoms with Gasteiger partial charge in [0.2, 0.25) is 0 Å². The van der Waals surface area contributed by atoms with Gasteiger partial charge in [-0.15, -0.1) is 5.10 Å². The van der Waals surface area contributed by atoms with Crippen molar-refractivity contribution >= 4 is 5.97 Å². The Hall–Kier alpha value is -3.42. The second-order valence-corrected chi connectivity index (χ2v) is 5.17. The molecule has 0 saturated heterocycles. The topological polar surface area (TPSA) is 88.4 Å². The van der Waals surface area contributed by atoms with Crippen molar-refractivity contribution in [3.63, 3.8) is 0 Å². The fourth-order valence-corrected chi connectivity index (χ4v) is 2.29. The largest absolute Gasteiger partial charge is 0.490 e. The van der Waals surface area contributed by atoms with Crippen LogP contribution in [0.15, 0.2) is 48.8 Å². The number of ether oxygens (including phenoxy) is 3. The average Bonchev–Trinajstić information content (AvgIpc) is 3.19. The number of hydrogen-bond acceptors (Lipinski definition) is 7. The number of esters is 1. The molecule has 2 aromatic carbocycles. The molecular formula is C18H18N4O4. The molecule has 0 saturated carbocycles. The molecule has 0 aliphatic rings. The lowest BCUT2D eigenvalue weighted by atomic mass is 10.2. The van der Waals surface area contributed by atoms with E-state index in [4.69, 9.17) is 14.2 Å². The summed E-state index contributed by atoms with van der Waals surface area (Å²) in [5, 5.41) is 11.0. The summed E-state index contributed by atoms with van der Waals surface area (Å²) in [6, 6.07) is 11.8. The minimum Gasteiger partial charge on any atom is -0.490 e. The van der Waals surface area contributed by atoms with Crippen LogP contribution in [-0.4, -0.2) is 39.4 Å². The maximum Gasteiger partial charge on any atom is 0.343 e. The van der Waals surface area contributed by atoms with Crippen LogP contribution in [0.25, 0.3) is 5.69 Å². The zero-order valence-electron chi connectivity index (χ0n) is 14.5. The molecule has 0 unspecified atom stereocenters. The van der Waals surface area contributed by atoms with E-state index >= 15 is 0 Å².